The van der Waals surface area contributed by atoms with Crippen LogP contribution in [-0.4, -0.2) is 25.7 Å². The molecule has 0 aliphatic rings. The third-order valence-corrected chi connectivity index (χ3v) is 2.78. The van der Waals surface area contributed by atoms with Crippen LogP contribution >= 0.6 is 0 Å². The fraction of sp³-hybridized carbons (Fsp3) is 1.00. The topological polar surface area (TPSA) is 24.1 Å². The van der Waals surface area contributed by atoms with Gasteiger partial charge in [0.15, 0.2) is 0 Å². The Morgan fingerprint density at radius 3 is 2.19 bits per heavy atom. The Morgan fingerprint density at radius 2 is 1.56 bits per heavy atom. The third-order valence-electron chi connectivity index (χ3n) is 2.78. The molecule has 1 atom stereocenters. The van der Waals surface area contributed by atoms with Crippen LogP contribution < -0.4 is 10.6 Å². The van der Waals surface area contributed by atoms with Gasteiger partial charge in [0.1, 0.15) is 0 Å². The number of nitrogens with one attached hydrogen (secondary N) is 2. The molecule has 0 bridgehead atoms. The van der Waals surface area contributed by atoms with E-state index in [0.717, 1.165) is 19.0 Å². The predicted octanol–water partition coefficient (Wildman–Crippen LogP) is 3.18. The van der Waals surface area contributed by atoms with E-state index < -0.39 is 0 Å². The minimum Gasteiger partial charge on any atom is -0.315 e. The molecule has 0 spiro atoms. The van der Waals surface area contributed by atoms with E-state index in [1.807, 2.05) is 0 Å². The SMILES string of the molecule is CCCCCCCNC(C)CNCC(C)C. The van der Waals surface area contributed by atoms with Crippen molar-refractivity contribution in [2.75, 3.05) is 19.6 Å². The van der Waals surface area contributed by atoms with Gasteiger partial charge in [-0.05, 0) is 32.4 Å². The highest BCUT2D eigenvalue weighted by Gasteiger charge is 2.00. The minimum absolute atomic E-state index is 0.602. The monoisotopic (exact) mass is 228 g/mol. The molecule has 2 nitrogen and oxygen atoms in total. The van der Waals surface area contributed by atoms with E-state index in [0.29, 0.717) is 6.04 Å². The van der Waals surface area contributed by atoms with Gasteiger partial charge in [0.2, 0.25) is 0 Å². The highest BCUT2D eigenvalue weighted by atomic mass is 15.0. The van der Waals surface area contributed by atoms with Crippen LogP contribution in [-0.2, 0) is 0 Å². The zero-order valence-electron chi connectivity index (χ0n) is 11.8. The van der Waals surface area contributed by atoms with E-state index in [-0.39, 0.29) is 0 Å². The van der Waals surface area contributed by atoms with E-state index in [2.05, 4.69) is 38.3 Å². The second kappa shape index (κ2) is 11.4. The average Bonchev–Trinajstić information content (AvgIpc) is 2.22. The summed E-state index contributed by atoms with van der Waals surface area (Å²) in [5.74, 6) is 0.751. The quantitative estimate of drug-likeness (QED) is 0.531. The van der Waals surface area contributed by atoms with Crippen LogP contribution in [0.2, 0.25) is 0 Å². The lowest BCUT2D eigenvalue weighted by molar-refractivity contribution is 0.463. The van der Waals surface area contributed by atoms with Crippen molar-refractivity contribution >= 4 is 0 Å². The molecule has 0 saturated carbocycles. The summed E-state index contributed by atoms with van der Waals surface area (Å²) in [4.78, 5) is 0. The lowest BCUT2D eigenvalue weighted by atomic mass is 10.1. The summed E-state index contributed by atoms with van der Waals surface area (Å²) < 4.78 is 0. The largest absolute Gasteiger partial charge is 0.315 e. The summed E-state index contributed by atoms with van der Waals surface area (Å²) in [5, 5.41) is 7.05. The number of rotatable bonds is 11. The van der Waals surface area contributed by atoms with Crippen LogP contribution in [0.5, 0.6) is 0 Å². The summed E-state index contributed by atoms with van der Waals surface area (Å²) in [7, 11) is 0. The van der Waals surface area contributed by atoms with Crippen molar-refractivity contribution in [3.63, 3.8) is 0 Å². The van der Waals surface area contributed by atoms with E-state index >= 15 is 0 Å². The van der Waals surface area contributed by atoms with Crippen molar-refractivity contribution in [1.29, 1.82) is 0 Å². The molecule has 0 aliphatic carbocycles. The van der Waals surface area contributed by atoms with Crippen LogP contribution in [0.15, 0.2) is 0 Å². The third kappa shape index (κ3) is 12.0. The molecule has 1 unspecified atom stereocenters. The Kier molecular flexibility index (Phi) is 11.3. The van der Waals surface area contributed by atoms with Crippen molar-refractivity contribution in [3.8, 4) is 0 Å². The Hall–Kier alpha value is -0.0800. The van der Waals surface area contributed by atoms with Gasteiger partial charge < -0.3 is 10.6 Å². The zero-order valence-corrected chi connectivity index (χ0v) is 11.8. The smallest absolute Gasteiger partial charge is 0.0164 e. The molecule has 2 heteroatoms. The predicted molar refractivity (Wildman–Crippen MR) is 73.9 cm³/mol. The fourth-order valence-corrected chi connectivity index (χ4v) is 1.74. The molecule has 0 aromatic carbocycles. The second-order valence-electron chi connectivity index (χ2n) is 5.32. The summed E-state index contributed by atoms with van der Waals surface area (Å²) in [5.41, 5.74) is 0. The molecule has 0 rings (SSSR count). The standard InChI is InChI=1S/C14H32N2/c1-5-6-7-8-9-10-16-14(4)12-15-11-13(2)3/h13-16H,5-12H2,1-4H3. The summed E-state index contributed by atoms with van der Waals surface area (Å²) in [6.07, 6.45) is 6.84. The molecular formula is C14H32N2. The first-order chi connectivity index (χ1) is 7.66. The molecule has 0 radical (unpaired) electrons. The molecule has 0 amide bonds. The van der Waals surface area contributed by atoms with Gasteiger partial charge in [-0.1, -0.05) is 46.5 Å². The van der Waals surface area contributed by atoms with Crippen molar-refractivity contribution in [1.82, 2.24) is 10.6 Å². The van der Waals surface area contributed by atoms with Crippen molar-refractivity contribution in [2.45, 2.75) is 65.8 Å². The first kappa shape index (κ1) is 15.9. The Morgan fingerprint density at radius 1 is 0.875 bits per heavy atom. The Labute approximate surface area is 103 Å². The van der Waals surface area contributed by atoms with Gasteiger partial charge in [0, 0.05) is 12.6 Å². The van der Waals surface area contributed by atoms with Crippen LogP contribution in [0.3, 0.4) is 0 Å². The first-order valence-electron chi connectivity index (χ1n) is 7.10. The lowest BCUT2D eigenvalue weighted by Crippen LogP contribution is -2.38. The average molecular weight is 228 g/mol. The van der Waals surface area contributed by atoms with Gasteiger partial charge >= 0.3 is 0 Å². The molecular weight excluding hydrogens is 196 g/mol. The molecule has 0 saturated heterocycles. The zero-order chi connectivity index (χ0) is 12.2. The maximum Gasteiger partial charge on any atom is 0.0164 e. The molecule has 0 aromatic heterocycles. The summed E-state index contributed by atoms with van der Waals surface area (Å²) >= 11 is 0. The number of hydrogen-bond acceptors (Lipinski definition) is 2. The highest BCUT2D eigenvalue weighted by Crippen LogP contribution is 2.01. The Balaban J connectivity index is 3.14. The molecule has 0 aliphatic heterocycles. The first-order valence-corrected chi connectivity index (χ1v) is 7.10. The van der Waals surface area contributed by atoms with Gasteiger partial charge in [-0.2, -0.15) is 0 Å². The van der Waals surface area contributed by atoms with Gasteiger partial charge in [-0.3, -0.25) is 0 Å². The van der Waals surface area contributed by atoms with Gasteiger partial charge in [0.25, 0.3) is 0 Å². The van der Waals surface area contributed by atoms with Crippen LogP contribution in [0, 0.1) is 5.92 Å². The van der Waals surface area contributed by atoms with Gasteiger partial charge in [-0.25, -0.2) is 0 Å². The minimum atomic E-state index is 0.602. The summed E-state index contributed by atoms with van der Waals surface area (Å²) in [6.45, 7) is 12.4. The van der Waals surface area contributed by atoms with E-state index in [4.69, 9.17) is 0 Å². The molecule has 0 aromatic rings. The number of unbranched alkanes of at least 4 members (excludes halogenated alkanes) is 4. The van der Waals surface area contributed by atoms with Gasteiger partial charge in [-0.15, -0.1) is 0 Å². The fourth-order valence-electron chi connectivity index (χ4n) is 1.74. The highest BCUT2D eigenvalue weighted by molar-refractivity contribution is 4.64. The van der Waals surface area contributed by atoms with Crippen LogP contribution in [0.1, 0.15) is 59.8 Å². The van der Waals surface area contributed by atoms with Crippen molar-refractivity contribution in [2.24, 2.45) is 5.92 Å². The molecule has 0 fully saturated rings. The Bertz CT molecular complexity index is 135. The van der Waals surface area contributed by atoms with Gasteiger partial charge in [0.05, 0.1) is 0 Å². The molecule has 16 heavy (non-hydrogen) atoms. The summed E-state index contributed by atoms with van der Waals surface area (Å²) in [6, 6.07) is 0.602. The molecule has 2 N–H and O–H groups in total. The lowest BCUT2D eigenvalue weighted by Gasteiger charge is -2.15. The molecule has 98 valence electrons. The second-order valence-corrected chi connectivity index (χ2v) is 5.32. The van der Waals surface area contributed by atoms with Crippen LogP contribution in [0.25, 0.3) is 0 Å². The van der Waals surface area contributed by atoms with Crippen molar-refractivity contribution in [3.05, 3.63) is 0 Å². The normalized spacial score (nSPS) is 13.3. The maximum atomic E-state index is 3.57. The number of hydrogen-bond donors (Lipinski definition) is 2. The van der Waals surface area contributed by atoms with Crippen LogP contribution in [0.4, 0.5) is 0 Å². The van der Waals surface area contributed by atoms with E-state index in [1.165, 1.54) is 38.6 Å². The van der Waals surface area contributed by atoms with Crippen molar-refractivity contribution < 1.29 is 0 Å². The van der Waals surface area contributed by atoms with E-state index in [9.17, 15) is 0 Å². The maximum absolute atomic E-state index is 3.57. The van der Waals surface area contributed by atoms with E-state index in [1.54, 1.807) is 0 Å². The molecule has 0 heterocycles.